The molecule has 2 rings (SSSR count). The summed E-state index contributed by atoms with van der Waals surface area (Å²) in [5, 5.41) is 4.17. The van der Waals surface area contributed by atoms with Crippen LogP contribution in [0, 0.1) is 5.41 Å². The van der Waals surface area contributed by atoms with Gasteiger partial charge in [-0.15, -0.1) is 0 Å². The van der Waals surface area contributed by atoms with Crippen LogP contribution in [0.25, 0.3) is 0 Å². The van der Waals surface area contributed by atoms with Gasteiger partial charge in [-0.3, -0.25) is 9.79 Å². The fourth-order valence-corrected chi connectivity index (χ4v) is 3.94. The highest BCUT2D eigenvalue weighted by Crippen LogP contribution is 2.43. The van der Waals surface area contributed by atoms with Crippen molar-refractivity contribution < 1.29 is 4.79 Å². The average Bonchev–Trinajstić information content (AvgIpc) is 2.80. The third kappa shape index (κ3) is 2.99. The molecular weight excluding hydrogens is 246 g/mol. The van der Waals surface area contributed by atoms with Crippen LogP contribution in [0.1, 0.15) is 32.6 Å². The average molecular weight is 269 g/mol. The summed E-state index contributed by atoms with van der Waals surface area (Å²) in [7, 11) is 3.56. The van der Waals surface area contributed by atoms with Gasteiger partial charge in [-0.05, 0) is 25.2 Å². The zero-order chi connectivity index (χ0) is 13.2. The van der Waals surface area contributed by atoms with Crippen molar-refractivity contribution in [2.75, 3.05) is 26.4 Å². The van der Waals surface area contributed by atoms with E-state index in [9.17, 15) is 4.79 Å². The van der Waals surface area contributed by atoms with Crippen molar-refractivity contribution in [1.82, 2.24) is 10.2 Å². The molecule has 0 aromatic heterocycles. The molecule has 1 spiro atoms. The third-order valence-electron chi connectivity index (χ3n) is 3.89. The predicted molar refractivity (Wildman–Crippen MR) is 77.0 cm³/mol. The van der Waals surface area contributed by atoms with E-state index in [1.54, 1.807) is 30.8 Å². The topological polar surface area (TPSA) is 44.7 Å². The van der Waals surface area contributed by atoms with Gasteiger partial charge in [0.15, 0.2) is 5.17 Å². The second-order valence-electron chi connectivity index (χ2n) is 5.72. The number of hydrogen-bond donors (Lipinski definition) is 1. The summed E-state index contributed by atoms with van der Waals surface area (Å²) < 4.78 is 0. The minimum atomic E-state index is -0.191. The number of carbonyl (C=O) groups excluding carboxylic acids is 1. The maximum atomic E-state index is 11.8. The number of aliphatic imine (C=N–C) groups is 1. The van der Waals surface area contributed by atoms with E-state index in [4.69, 9.17) is 0 Å². The Kier molecular flexibility index (Phi) is 4.20. The smallest absolute Gasteiger partial charge is 0.244 e. The van der Waals surface area contributed by atoms with Crippen LogP contribution in [0.5, 0.6) is 0 Å². The summed E-state index contributed by atoms with van der Waals surface area (Å²) in [5.41, 5.74) is 0.463. The number of rotatable bonds is 2. The van der Waals surface area contributed by atoms with Crippen LogP contribution in [0.4, 0.5) is 0 Å². The number of amidine groups is 1. The number of amides is 1. The predicted octanol–water partition coefficient (Wildman–Crippen LogP) is 1.72. The molecule has 0 radical (unpaired) electrons. The molecule has 0 aromatic rings. The van der Waals surface area contributed by atoms with Crippen LogP contribution in [0.3, 0.4) is 0 Å². The quantitative estimate of drug-likeness (QED) is 0.830. The van der Waals surface area contributed by atoms with Gasteiger partial charge >= 0.3 is 0 Å². The lowest BCUT2D eigenvalue weighted by molar-refractivity contribution is -0.130. The lowest BCUT2D eigenvalue weighted by Crippen LogP contribution is -2.45. The highest BCUT2D eigenvalue weighted by atomic mass is 32.2. The molecule has 0 bridgehead atoms. The Bertz CT molecular complexity index is 348. The molecule has 5 heteroatoms. The molecule has 102 valence electrons. The fraction of sp³-hybridized carbons (Fsp3) is 0.846. The van der Waals surface area contributed by atoms with Crippen molar-refractivity contribution >= 4 is 22.8 Å². The summed E-state index contributed by atoms with van der Waals surface area (Å²) in [6, 6.07) is -0.191. The van der Waals surface area contributed by atoms with Crippen LogP contribution in [0.15, 0.2) is 4.99 Å². The lowest BCUT2D eigenvalue weighted by Gasteiger charge is -2.32. The summed E-state index contributed by atoms with van der Waals surface area (Å²) >= 11 is 1.78. The molecular formula is C13H23N3OS. The lowest BCUT2D eigenvalue weighted by atomic mass is 9.89. The van der Waals surface area contributed by atoms with Gasteiger partial charge in [0.1, 0.15) is 6.04 Å². The van der Waals surface area contributed by atoms with Crippen molar-refractivity contribution in [2.45, 2.75) is 38.6 Å². The molecule has 0 aromatic carbocycles. The van der Waals surface area contributed by atoms with E-state index in [1.165, 1.54) is 25.7 Å². The molecule has 1 aliphatic carbocycles. The van der Waals surface area contributed by atoms with Gasteiger partial charge in [0.25, 0.3) is 0 Å². The fourth-order valence-electron chi connectivity index (χ4n) is 2.70. The molecule has 1 unspecified atom stereocenters. The van der Waals surface area contributed by atoms with E-state index in [0.717, 1.165) is 17.5 Å². The second kappa shape index (κ2) is 5.51. The van der Waals surface area contributed by atoms with Gasteiger partial charge in [0.2, 0.25) is 5.91 Å². The Morgan fingerprint density at radius 1 is 1.44 bits per heavy atom. The monoisotopic (exact) mass is 269 g/mol. The Morgan fingerprint density at radius 2 is 2.11 bits per heavy atom. The minimum Gasteiger partial charge on any atom is -0.353 e. The first-order chi connectivity index (χ1) is 8.52. The Hall–Kier alpha value is -0.710. The summed E-state index contributed by atoms with van der Waals surface area (Å²) in [4.78, 5) is 18.0. The summed E-state index contributed by atoms with van der Waals surface area (Å²) in [5.74, 6) is 1.25. The zero-order valence-corrected chi connectivity index (χ0v) is 12.3. The van der Waals surface area contributed by atoms with Crippen molar-refractivity contribution in [1.29, 1.82) is 0 Å². The van der Waals surface area contributed by atoms with Gasteiger partial charge in [-0.2, -0.15) is 0 Å². The molecule has 1 saturated carbocycles. The van der Waals surface area contributed by atoms with Gasteiger partial charge in [0, 0.05) is 26.4 Å². The summed E-state index contributed by atoms with van der Waals surface area (Å²) in [6.07, 6.45) is 5.36. The Morgan fingerprint density at radius 3 is 2.61 bits per heavy atom. The van der Waals surface area contributed by atoms with Crippen LogP contribution >= 0.6 is 11.8 Å². The van der Waals surface area contributed by atoms with Gasteiger partial charge in [0.05, 0.1) is 0 Å². The maximum absolute atomic E-state index is 11.8. The SMILES string of the molecule is CC(NC1=NCC2(CCCC2)CS1)C(=O)N(C)C. The minimum absolute atomic E-state index is 0.0967. The Balaban J connectivity index is 1.88. The molecule has 2 aliphatic rings. The molecule has 1 N–H and O–H groups in total. The highest BCUT2D eigenvalue weighted by Gasteiger charge is 2.36. The summed E-state index contributed by atoms with van der Waals surface area (Å²) in [6.45, 7) is 2.83. The van der Waals surface area contributed by atoms with Crippen molar-refractivity contribution in [3.8, 4) is 0 Å². The molecule has 1 fully saturated rings. The number of nitrogens with one attached hydrogen (secondary N) is 1. The maximum Gasteiger partial charge on any atom is 0.244 e. The molecule has 0 saturated heterocycles. The number of hydrogen-bond acceptors (Lipinski definition) is 4. The Labute approximate surface area is 114 Å². The van der Waals surface area contributed by atoms with E-state index in [2.05, 4.69) is 10.3 Å². The van der Waals surface area contributed by atoms with E-state index in [-0.39, 0.29) is 11.9 Å². The van der Waals surface area contributed by atoms with Crippen LogP contribution < -0.4 is 5.32 Å². The van der Waals surface area contributed by atoms with Crippen molar-refractivity contribution in [3.63, 3.8) is 0 Å². The van der Waals surface area contributed by atoms with Crippen LogP contribution in [0.2, 0.25) is 0 Å². The van der Waals surface area contributed by atoms with Crippen molar-refractivity contribution in [2.24, 2.45) is 10.4 Å². The zero-order valence-electron chi connectivity index (χ0n) is 11.5. The van der Waals surface area contributed by atoms with Crippen LogP contribution in [-0.4, -0.2) is 48.4 Å². The highest BCUT2D eigenvalue weighted by molar-refractivity contribution is 8.13. The molecule has 1 amide bonds. The first-order valence-electron chi connectivity index (χ1n) is 6.67. The molecule has 1 heterocycles. The van der Waals surface area contributed by atoms with Gasteiger partial charge in [-0.1, -0.05) is 24.6 Å². The molecule has 18 heavy (non-hydrogen) atoms. The second-order valence-corrected chi connectivity index (χ2v) is 6.68. The van der Waals surface area contributed by atoms with E-state index >= 15 is 0 Å². The van der Waals surface area contributed by atoms with Gasteiger partial charge in [-0.25, -0.2) is 0 Å². The van der Waals surface area contributed by atoms with Gasteiger partial charge < -0.3 is 10.2 Å². The number of nitrogens with zero attached hydrogens (tertiary/aromatic N) is 2. The number of carbonyl (C=O) groups is 1. The first-order valence-corrected chi connectivity index (χ1v) is 7.66. The normalized spacial score (nSPS) is 23.6. The number of thioether (sulfide) groups is 1. The first kappa shape index (κ1) is 13.7. The van der Waals surface area contributed by atoms with Crippen LogP contribution in [-0.2, 0) is 4.79 Å². The molecule has 1 atom stereocenters. The molecule has 1 aliphatic heterocycles. The molecule has 4 nitrogen and oxygen atoms in total. The van der Waals surface area contributed by atoms with E-state index < -0.39 is 0 Å². The third-order valence-corrected chi connectivity index (χ3v) is 5.17. The van der Waals surface area contributed by atoms with E-state index in [0.29, 0.717) is 5.41 Å². The number of likely N-dealkylation sites (N-methyl/N-ethyl adjacent to an activating group) is 1. The standard InChI is InChI=1S/C13H23N3OS/c1-10(11(17)16(2)3)15-12-14-8-13(9-18-12)6-4-5-7-13/h10H,4-9H2,1-3H3,(H,14,15). The van der Waals surface area contributed by atoms with Crippen molar-refractivity contribution in [3.05, 3.63) is 0 Å². The van der Waals surface area contributed by atoms with E-state index in [1.807, 2.05) is 6.92 Å². The largest absolute Gasteiger partial charge is 0.353 e.